The Morgan fingerprint density at radius 3 is 2.40 bits per heavy atom. The summed E-state index contributed by atoms with van der Waals surface area (Å²) in [6, 6.07) is 15.5. The first kappa shape index (κ1) is 17.2. The van der Waals surface area contributed by atoms with E-state index in [1.165, 1.54) is 5.56 Å². The first-order chi connectivity index (χ1) is 11.8. The van der Waals surface area contributed by atoms with Gasteiger partial charge in [0, 0.05) is 0 Å². The predicted octanol–water partition coefficient (Wildman–Crippen LogP) is 4.55. The largest absolute Gasteiger partial charge is 0.457 e. The number of carbonyl (C=O) groups excluding carboxylic acids is 1. The predicted molar refractivity (Wildman–Crippen MR) is 101 cm³/mol. The number of amides is 1. The monoisotopic (exact) mass is 353 g/mol. The van der Waals surface area contributed by atoms with E-state index in [9.17, 15) is 4.79 Å². The minimum atomic E-state index is -0.339. The molecule has 0 radical (unpaired) electrons. The Labute approximate surface area is 152 Å². The fraction of sp³-hybridized carbons (Fsp3) is 0.200. The van der Waals surface area contributed by atoms with Crippen molar-refractivity contribution >= 4 is 29.4 Å². The highest BCUT2D eigenvalue weighted by molar-refractivity contribution is 7.80. The zero-order chi connectivity index (χ0) is 18.0. The maximum absolute atomic E-state index is 11.7. The average molecular weight is 353 g/mol. The summed E-state index contributed by atoms with van der Waals surface area (Å²) in [5.74, 6) is 1.28. The van der Waals surface area contributed by atoms with Crippen LogP contribution in [0, 0.1) is 0 Å². The van der Waals surface area contributed by atoms with Crippen molar-refractivity contribution in [3.63, 3.8) is 0 Å². The van der Waals surface area contributed by atoms with Crippen LogP contribution in [0.5, 0.6) is 11.5 Å². The summed E-state index contributed by atoms with van der Waals surface area (Å²) in [7, 11) is 0. The van der Waals surface area contributed by atoms with E-state index in [0.29, 0.717) is 5.75 Å². The summed E-state index contributed by atoms with van der Waals surface area (Å²) in [5, 5.41) is 2.50. The van der Waals surface area contributed by atoms with Gasteiger partial charge in [-0.1, -0.05) is 45.0 Å². The van der Waals surface area contributed by atoms with Gasteiger partial charge in [0.2, 0.25) is 0 Å². The highest BCUT2D eigenvalue weighted by atomic mass is 32.1. The lowest BCUT2D eigenvalue weighted by Gasteiger charge is -2.19. The molecule has 2 aromatic rings. The molecule has 0 saturated carbocycles. The summed E-state index contributed by atoms with van der Waals surface area (Å²) in [6.45, 7) is 6.52. The molecule has 0 bridgehead atoms. The number of hydrogen-bond donors (Lipinski definition) is 1. The van der Waals surface area contributed by atoms with Gasteiger partial charge in [0.15, 0.2) is 5.76 Å². The minimum absolute atomic E-state index is 0.0718. The maximum Gasteiger partial charge on any atom is 0.294 e. The number of benzene rings is 2. The molecule has 4 nitrogen and oxygen atoms in total. The van der Waals surface area contributed by atoms with Crippen LogP contribution in [0.3, 0.4) is 0 Å². The third-order valence-corrected chi connectivity index (χ3v) is 3.94. The van der Waals surface area contributed by atoms with E-state index in [-0.39, 0.29) is 22.3 Å². The van der Waals surface area contributed by atoms with Crippen molar-refractivity contribution in [3.05, 3.63) is 65.4 Å². The van der Waals surface area contributed by atoms with E-state index < -0.39 is 0 Å². The summed E-state index contributed by atoms with van der Waals surface area (Å²) in [5.41, 5.74) is 2.14. The lowest BCUT2D eigenvalue weighted by molar-refractivity contribution is -0.116. The molecule has 0 aliphatic carbocycles. The number of carbonyl (C=O) groups is 1. The van der Waals surface area contributed by atoms with Crippen LogP contribution in [-0.4, -0.2) is 11.1 Å². The Balaban J connectivity index is 1.77. The molecule has 1 aliphatic rings. The molecule has 0 unspecified atom stereocenters. The Hall–Kier alpha value is -2.66. The van der Waals surface area contributed by atoms with Gasteiger partial charge < -0.3 is 9.47 Å². The van der Waals surface area contributed by atoms with Crippen molar-refractivity contribution in [2.45, 2.75) is 26.2 Å². The SMILES string of the molecule is CC(C)(C)c1ccc(Oc2cccc(/C=C3/OC(=S)NC3=O)c2)cc1. The number of hydrogen-bond acceptors (Lipinski definition) is 4. The van der Waals surface area contributed by atoms with Crippen molar-refractivity contribution in [1.29, 1.82) is 0 Å². The topological polar surface area (TPSA) is 47.6 Å². The Morgan fingerprint density at radius 2 is 1.80 bits per heavy atom. The van der Waals surface area contributed by atoms with Crippen LogP contribution in [-0.2, 0) is 14.9 Å². The van der Waals surface area contributed by atoms with Crippen molar-refractivity contribution in [2.24, 2.45) is 0 Å². The molecular weight excluding hydrogens is 334 g/mol. The van der Waals surface area contributed by atoms with Gasteiger partial charge in [-0.05, 0) is 59.1 Å². The van der Waals surface area contributed by atoms with Crippen LogP contribution in [0.1, 0.15) is 31.9 Å². The van der Waals surface area contributed by atoms with Crippen molar-refractivity contribution in [1.82, 2.24) is 5.32 Å². The van der Waals surface area contributed by atoms with Gasteiger partial charge in [-0.3, -0.25) is 10.1 Å². The van der Waals surface area contributed by atoms with Crippen LogP contribution < -0.4 is 10.1 Å². The summed E-state index contributed by atoms with van der Waals surface area (Å²) in [6.07, 6.45) is 1.63. The summed E-state index contributed by atoms with van der Waals surface area (Å²) >= 11 is 4.82. The molecule has 1 amide bonds. The fourth-order valence-electron chi connectivity index (χ4n) is 2.40. The first-order valence-corrected chi connectivity index (χ1v) is 8.35. The normalized spacial score (nSPS) is 15.9. The third kappa shape index (κ3) is 4.25. The molecule has 1 heterocycles. The molecule has 0 spiro atoms. The Kier molecular flexibility index (Phi) is 4.59. The van der Waals surface area contributed by atoms with Crippen LogP contribution in [0.25, 0.3) is 6.08 Å². The molecular formula is C20H19NO3S. The van der Waals surface area contributed by atoms with Crippen LogP contribution in [0.2, 0.25) is 0 Å². The third-order valence-electron chi connectivity index (χ3n) is 3.75. The fourth-order valence-corrected chi connectivity index (χ4v) is 2.58. The van der Waals surface area contributed by atoms with E-state index >= 15 is 0 Å². The molecule has 1 fully saturated rings. The zero-order valence-corrected chi connectivity index (χ0v) is 15.1. The molecule has 1 saturated heterocycles. The molecule has 1 N–H and O–H groups in total. The number of ether oxygens (including phenoxy) is 2. The van der Waals surface area contributed by atoms with Gasteiger partial charge in [0.25, 0.3) is 11.1 Å². The van der Waals surface area contributed by atoms with Crippen LogP contribution in [0.15, 0.2) is 54.3 Å². The van der Waals surface area contributed by atoms with Crippen LogP contribution >= 0.6 is 12.2 Å². The zero-order valence-electron chi connectivity index (χ0n) is 14.3. The van der Waals surface area contributed by atoms with E-state index in [0.717, 1.165) is 11.3 Å². The highest BCUT2D eigenvalue weighted by Gasteiger charge is 2.23. The van der Waals surface area contributed by atoms with Crippen LogP contribution in [0.4, 0.5) is 0 Å². The van der Waals surface area contributed by atoms with Gasteiger partial charge in [0.05, 0.1) is 0 Å². The molecule has 0 atom stereocenters. The smallest absolute Gasteiger partial charge is 0.294 e. The van der Waals surface area contributed by atoms with Gasteiger partial charge in [-0.15, -0.1) is 0 Å². The molecule has 25 heavy (non-hydrogen) atoms. The molecule has 5 heteroatoms. The van der Waals surface area contributed by atoms with Crippen molar-refractivity contribution in [2.75, 3.05) is 0 Å². The number of nitrogens with one attached hydrogen (secondary N) is 1. The minimum Gasteiger partial charge on any atom is -0.457 e. The van der Waals surface area contributed by atoms with Crippen molar-refractivity contribution in [3.8, 4) is 11.5 Å². The Morgan fingerprint density at radius 1 is 1.08 bits per heavy atom. The second-order valence-corrected chi connectivity index (χ2v) is 7.17. The summed E-state index contributed by atoms with van der Waals surface area (Å²) in [4.78, 5) is 11.7. The lowest BCUT2D eigenvalue weighted by Crippen LogP contribution is -2.18. The molecule has 2 aromatic carbocycles. The van der Waals surface area contributed by atoms with Gasteiger partial charge >= 0.3 is 0 Å². The second-order valence-electron chi connectivity index (χ2n) is 6.80. The second kappa shape index (κ2) is 6.69. The van der Waals surface area contributed by atoms with Gasteiger partial charge in [-0.25, -0.2) is 0 Å². The van der Waals surface area contributed by atoms with Crippen molar-refractivity contribution < 1.29 is 14.3 Å². The van der Waals surface area contributed by atoms with E-state index in [4.69, 9.17) is 21.7 Å². The average Bonchev–Trinajstić information content (AvgIpc) is 2.85. The molecule has 0 aromatic heterocycles. The quantitative estimate of drug-likeness (QED) is 0.650. The Bertz CT molecular complexity index is 848. The van der Waals surface area contributed by atoms with Gasteiger partial charge in [0.1, 0.15) is 11.5 Å². The highest BCUT2D eigenvalue weighted by Crippen LogP contribution is 2.27. The van der Waals surface area contributed by atoms with E-state index in [2.05, 4.69) is 38.2 Å². The van der Waals surface area contributed by atoms with E-state index in [1.807, 2.05) is 36.4 Å². The number of thiocarbonyl (C=S) groups is 1. The molecule has 1 aliphatic heterocycles. The van der Waals surface area contributed by atoms with E-state index in [1.54, 1.807) is 6.08 Å². The lowest BCUT2D eigenvalue weighted by atomic mass is 9.87. The van der Waals surface area contributed by atoms with Gasteiger partial charge in [-0.2, -0.15) is 0 Å². The molecule has 3 rings (SSSR count). The molecule has 128 valence electrons. The standard InChI is InChI=1S/C20H19NO3S/c1-20(2,3)14-7-9-15(10-8-14)23-16-6-4-5-13(11-16)12-17-18(22)21-19(25)24-17/h4-12H,1-3H3,(H,21,22,25)/b17-12+. The maximum atomic E-state index is 11.7. The number of rotatable bonds is 3. The summed E-state index contributed by atoms with van der Waals surface area (Å²) < 4.78 is 11.1. The first-order valence-electron chi connectivity index (χ1n) is 7.94.